The average molecular weight is 292 g/mol. The molecule has 21 heavy (non-hydrogen) atoms. The van der Waals surface area contributed by atoms with E-state index in [-0.39, 0.29) is 6.04 Å². The number of ether oxygens (including phenoxy) is 2. The molecule has 118 valence electrons. The number of methoxy groups -OCH3 is 2. The molecule has 0 aliphatic heterocycles. The quantitative estimate of drug-likeness (QED) is 0.646. The molecule has 0 aromatic heterocycles. The minimum absolute atomic E-state index is 0.121. The van der Waals surface area contributed by atoms with Crippen LogP contribution in [0.5, 0.6) is 11.5 Å². The summed E-state index contributed by atoms with van der Waals surface area (Å²) >= 11 is 0. The first-order chi connectivity index (χ1) is 10.1. The number of nitrogens with one attached hydrogen (secondary N) is 1. The highest BCUT2D eigenvalue weighted by atomic mass is 16.5. The summed E-state index contributed by atoms with van der Waals surface area (Å²) in [6.45, 7) is 4.67. The van der Waals surface area contributed by atoms with Gasteiger partial charge in [-0.25, -0.2) is 0 Å². The van der Waals surface area contributed by atoms with Crippen molar-refractivity contribution in [2.75, 3.05) is 14.2 Å². The van der Waals surface area contributed by atoms with Gasteiger partial charge in [-0.15, -0.1) is 0 Å². The summed E-state index contributed by atoms with van der Waals surface area (Å²) in [5.41, 5.74) is 4.14. The van der Waals surface area contributed by atoms with Crippen molar-refractivity contribution >= 4 is 0 Å². The van der Waals surface area contributed by atoms with Crippen molar-refractivity contribution in [1.82, 2.24) is 5.43 Å². The minimum Gasteiger partial charge on any atom is -0.497 e. The Bertz CT molecular complexity index is 454. The van der Waals surface area contributed by atoms with Gasteiger partial charge in [0.15, 0.2) is 0 Å². The SMILES string of the molecule is COc1ccc(C(NN)C2CC(C)CC(C)C2)c(OC)c1. The molecule has 3 N–H and O–H groups in total. The second-order valence-corrected chi connectivity index (χ2v) is 6.43. The van der Waals surface area contributed by atoms with Crippen LogP contribution in [-0.2, 0) is 0 Å². The third-order valence-corrected chi connectivity index (χ3v) is 4.64. The average Bonchev–Trinajstić information content (AvgIpc) is 2.47. The largest absolute Gasteiger partial charge is 0.497 e. The summed E-state index contributed by atoms with van der Waals surface area (Å²) in [5.74, 6) is 9.56. The molecule has 1 fully saturated rings. The number of benzene rings is 1. The fraction of sp³-hybridized carbons (Fsp3) is 0.647. The molecular formula is C17H28N2O2. The zero-order valence-electron chi connectivity index (χ0n) is 13.6. The molecule has 0 amide bonds. The predicted octanol–water partition coefficient (Wildman–Crippen LogP) is 3.28. The van der Waals surface area contributed by atoms with Crippen molar-refractivity contribution in [2.45, 2.75) is 39.2 Å². The lowest BCUT2D eigenvalue weighted by Crippen LogP contribution is -2.37. The molecule has 4 heteroatoms. The predicted molar refractivity (Wildman–Crippen MR) is 85.3 cm³/mol. The fourth-order valence-electron chi connectivity index (χ4n) is 3.84. The van der Waals surface area contributed by atoms with E-state index in [0.717, 1.165) is 28.9 Å². The summed E-state index contributed by atoms with van der Waals surface area (Å²) in [5, 5.41) is 0. The molecule has 1 aliphatic rings. The van der Waals surface area contributed by atoms with E-state index in [0.29, 0.717) is 5.92 Å². The van der Waals surface area contributed by atoms with E-state index in [1.165, 1.54) is 19.3 Å². The molecule has 0 saturated heterocycles. The maximum absolute atomic E-state index is 5.88. The number of hydrazine groups is 1. The third-order valence-electron chi connectivity index (χ3n) is 4.64. The number of rotatable bonds is 5. The van der Waals surface area contributed by atoms with Gasteiger partial charge in [-0.3, -0.25) is 11.3 Å². The van der Waals surface area contributed by atoms with Crippen LogP contribution in [0.3, 0.4) is 0 Å². The lowest BCUT2D eigenvalue weighted by molar-refractivity contribution is 0.175. The van der Waals surface area contributed by atoms with E-state index in [1.54, 1.807) is 14.2 Å². The first kappa shape index (κ1) is 16.1. The van der Waals surface area contributed by atoms with Crippen LogP contribution in [0.15, 0.2) is 18.2 Å². The minimum atomic E-state index is 0.121. The molecule has 3 unspecified atom stereocenters. The van der Waals surface area contributed by atoms with Crippen molar-refractivity contribution in [3.05, 3.63) is 23.8 Å². The van der Waals surface area contributed by atoms with Crippen LogP contribution in [0.2, 0.25) is 0 Å². The Hall–Kier alpha value is -1.26. The molecule has 0 heterocycles. The molecule has 2 rings (SSSR count). The molecule has 1 aromatic rings. The Labute approximate surface area is 128 Å². The van der Waals surface area contributed by atoms with Crippen molar-refractivity contribution in [3.8, 4) is 11.5 Å². The highest BCUT2D eigenvalue weighted by Crippen LogP contribution is 2.42. The first-order valence-electron chi connectivity index (χ1n) is 7.77. The first-order valence-corrected chi connectivity index (χ1v) is 7.77. The van der Waals surface area contributed by atoms with Gasteiger partial charge in [-0.1, -0.05) is 19.9 Å². The van der Waals surface area contributed by atoms with Gasteiger partial charge in [-0.2, -0.15) is 0 Å². The second kappa shape index (κ2) is 7.14. The summed E-state index contributed by atoms with van der Waals surface area (Å²) in [7, 11) is 3.36. The lowest BCUT2D eigenvalue weighted by atomic mass is 9.72. The van der Waals surface area contributed by atoms with E-state index in [4.69, 9.17) is 15.3 Å². The zero-order chi connectivity index (χ0) is 15.4. The highest BCUT2D eigenvalue weighted by molar-refractivity contribution is 5.42. The smallest absolute Gasteiger partial charge is 0.127 e. The lowest BCUT2D eigenvalue weighted by Gasteiger charge is -2.36. The Morgan fingerprint density at radius 2 is 1.76 bits per heavy atom. The van der Waals surface area contributed by atoms with Crippen molar-refractivity contribution < 1.29 is 9.47 Å². The summed E-state index contributed by atoms with van der Waals surface area (Å²) in [4.78, 5) is 0. The molecule has 0 radical (unpaired) electrons. The number of hydrogen-bond donors (Lipinski definition) is 2. The maximum Gasteiger partial charge on any atom is 0.127 e. The molecule has 3 atom stereocenters. The molecule has 0 bridgehead atoms. The van der Waals surface area contributed by atoms with Gasteiger partial charge in [0, 0.05) is 11.6 Å². The van der Waals surface area contributed by atoms with Gasteiger partial charge < -0.3 is 9.47 Å². The topological polar surface area (TPSA) is 56.5 Å². The Kier molecular flexibility index (Phi) is 5.48. The van der Waals surface area contributed by atoms with Crippen molar-refractivity contribution in [1.29, 1.82) is 0 Å². The van der Waals surface area contributed by atoms with Crippen LogP contribution >= 0.6 is 0 Å². The molecule has 1 aromatic carbocycles. The van der Waals surface area contributed by atoms with E-state index in [9.17, 15) is 0 Å². The van der Waals surface area contributed by atoms with E-state index < -0.39 is 0 Å². The van der Waals surface area contributed by atoms with Crippen molar-refractivity contribution in [3.63, 3.8) is 0 Å². The van der Waals surface area contributed by atoms with E-state index >= 15 is 0 Å². The molecule has 0 spiro atoms. The normalized spacial score (nSPS) is 27.2. The summed E-state index contributed by atoms with van der Waals surface area (Å²) < 4.78 is 10.8. The number of nitrogens with two attached hydrogens (primary N) is 1. The van der Waals surface area contributed by atoms with Crippen LogP contribution in [0, 0.1) is 17.8 Å². The van der Waals surface area contributed by atoms with Gasteiger partial charge in [0.05, 0.1) is 20.3 Å². The van der Waals surface area contributed by atoms with Gasteiger partial charge in [0.1, 0.15) is 11.5 Å². The molecule has 1 aliphatic carbocycles. The van der Waals surface area contributed by atoms with Crippen LogP contribution < -0.4 is 20.7 Å². The summed E-state index contributed by atoms with van der Waals surface area (Å²) in [6, 6.07) is 6.08. The Morgan fingerprint density at radius 1 is 1.10 bits per heavy atom. The Morgan fingerprint density at radius 3 is 2.29 bits per heavy atom. The van der Waals surface area contributed by atoms with E-state index in [2.05, 4.69) is 25.3 Å². The molecular weight excluding hydrogens is 264 g/mol. The second-order valence-electron chi connectivity index (χ2n) is 6.43. The maximum atomic E-state index is 5.88. The molecule has 4 nitrogen and oxygen atoms in total. The Balaban J connectivity index is 2.28. The third kappa shape index (κ3) is 3.69. The van der Waals surface area contributed by atoms with Crippen LogP contribution in [0.4, 0.5) is 0 Å². The standard InChI is InChI=1S/C17H28N2O2/c1-11-7-12(2)9-13(8-11)17(19-18)15-6-5-14(20-3)10-16(15)21-4/h5-6,10-13,17,19H,7-9,18H2,1-4H3. The van der Waals surface area contributed by atoms with Gasteiger partial charge in [0.25, 0.3) is 0 Å². The van der Waals surface area contributed by atoms with Gasteiger partial charge in [0.2, 0.25) is 0 Å². The zero-order valence-corrected chi connectivity index (χ0v) is 13.6. The van der Waals surface area contributed by atoms with Gasteiger partial charge in [-0.05, 0) is 43.1 Å². The monoisotopic (exact) mass is 292 g/mol. The molecule has 1 saturated carbocycles. The highest BCUT2D eigenvalue weighted by Gasteiger charge is 2.31. The van der Waals surface area contributed by atoms with Crippen LogP contribution in [0.25, 0.3) is 0 Å². The number of hydrogen-bond acceptors (Lipinski definition) is 4. The van der Waals surface area contributed by atoms with E-state index in [1.807, 2.05) is 12.1 Å². The fourth-order valence-corrected chi connectivity index (χ4v) is 3.84. The van der Waals surface area contributed by atoms with Crippen LogP contribution in [0.1, 0.15) is 44.7 Å². The van der Waals surface area contributed by atoms with Crippen LogP contribution in [-0.4, -0.2) is 14.2 Å². The van der Waals surface area contributed by atoms with Gasteiger partial charge >= 0.3 is 0 Å². The summed E-state index contributed by atoms with van der Waals surface area (Å²) in [6.07, 6.45) is 3.72. The van der Waals surface area contributed by atoms with Crippen molar-refractivity contribution in [2.24, 2.45) is 23.6 Å².